The van der Waals surface area contributed by atoms with Crippen molar-refractivity contribution in [3.05, 3.63) is 92.0 Å². The number of β-lactam (4-membered cyclic amide) rings is 1. The zero-order valence-electron chi connectivity index (χ0n) is 19.9. The Balaban J connectivity index is 1.68. The van der Waals surface area contributed by atoms with E-state index in [0.717, 1.165) is 11.0 Å². The van der Waals surface area contributed by atoms with E-state index in [2.05, 4.69) is 0 Å². The van der Waals surface area contributed by atoms with Crippen molar-refractivity contribution in [3.8, 4) is 11.5 Å². The van der Waals surface area contributed by atoms with Crippen LogP contribution in [-0.2, 0) is 4.79 Å². The Morgan fingerprint density at radius 3 is 2.32 bits per heavy atom. The molecule has 3 aromatic carbocycles. The summed E-state index contributed by atoms with van der Waals surface area (Å²) in [6, 6.07) is 11.7. The number of hydrogen-bond donors (Lipinski definition) is 0. The largest absolute Gasteiger partial charge is 0.497 e. The molecule has 0 radical (unpaired) electrons. The summed E-state index contributed by atoms with van der Waals surface area (Å²) in [4.78, 5) is 53.8. The van der Waals surface area contributed by atoms with E-state index < -0.39 is 40.4 Å². The number of imide groups is 1. The molecule has 0 spiro atoms. The van der Waals surface area contributed by atoms with Gasteiger partial charge in [0.1, 0.15) is 23.1 Å². The highest BCUT2D eigenvalue weighted by molar-refractivity contribution is 6.31. The van der Waals surface area contributed by atoms with Gasteiger partial charge in [0, 0.05) is 22.3 Å². The highest BCUT2D eigenvalue weighted by Gasteiger charge is 2.59. The monoisotopic (exact) mass is 521 g/mol. The normalized spacial score (nSPS) is 18.5. The maximum absolute atomic E-state index is 13.7. The molecule has 0 bridgehead atoms. The Hall–Kier alpha value is -4.44. The number of methoxy groups -OCH3 is 2. The van der Waals surface area contributed by atoms with Crippen molar-refractivity contribution in [2.75, 3.05) is 19.1 Å². The lowest BCUT2D eigenvalue weighted by Gasteiger charge is -2.50. The van der Waals surface area contributed by atoms with Crippen molar-refractivity contribution in [2.24, 2.45) is 0 Å². The topological polar surface area (TPSA) is 119 Å². The van der Waals surface area contributed by atoms with Crippen molar-refractivity contribution >= 4 is 40.7 Å². The number of ether oxygens (including phenoxy) is 2. The predicted molar refractivity (Wildman–Crippen MR) is 133 cm³/mol. The van der Waals surface area contributed by atoms with Gasteiger partial charge in [0.15, 0.2) is 0 Å². The van der Waals surface area contributed by atoms with E-state index in [4.69, 9.17) is 21.1 Å². The van der Waals surface area contributed by atoms with Gasteiger partial charge in [-0.3, -0.25) is 34.3 Å². The molecule has 10 nitrogen and oxygen atoms in total. The van der Waals surface area contributed by atoms with Gasteiger partial charge in [-0.2, -0.15) is 0 Å². The van der Waals surface area contributed by atoms with Gasteiger partial charge in [0.2, 0.25) is 0 Å². The lowest BCUT2D eigenvalue weighted by atomic mass is 9.85. The molecule has 0 aliphatic carbocycles. The first-order chi connectivity index (χ1) is 17.7. The summed E-state index contributed by atoms with van der Waals surface area (Å²) in [5, 5.41) is 12.1. The summed E-state index contributed by atoms with van der Waals surface area (Å²) in [6.45, 7) is 1.78. The molecule has 1 saturated heterocycles. The smallest absolute Gasteiger partial charge is 0.282 e. The van der Waals surface area contributed by atoms with Crippen molar-refractivity contribution in [2.45, 2.75) is 19.0 Å². The minimum absolute atomic E-state index is 0.121. The van der Waals surface area contributed by atoms with E-state index in [9.17, 15) is 24.5 Å². The van der Waals surface area contributed by atoms with E-state index in [1.807, 2.05) is 0 Å². The van der Waals surface area contributed by atoms with Crippen LogP contribution in [0.3, 0.4) is 0 Å². The minimum Gasteiger partial charge on any atom is -0.497 e. The lowest BCUT2D eigenvalue weighted by Crippen LogP contribution is -2.67. The first-order valence-corrected chi connectivity index (χ1v) is 11.5. The third kappa shape index (κ3) is 3.60. The van der Waals surface area contributed by atoms with Gasteiger partial charge in [-0.1, -0.05) is 17.7 Å². The molecule has 0 aromatic heterocycles. The van der Waals surface area contributed by atoms with Gasteiger partial charge in [-0.15, -0.1) is 0 Å². The van der Waals surface area contributed by atoms with Gasteiger partial charge in [0.05, 0.1) is 30.7 Å². The Morgan fingerprint density at radius 1 is 0.919 bits per heavy atom. The summed E-state index contributed by atoms with van der Waals surface area (Å²) in [7, 11) is 2.95. The van der Waals surface area contributed by atoms with Gasteiger partial charge in [0.25, 0.3) is 23.4 Å². The highest BCUT2D eigenvalue weighted by atomic mass is 35.5. The number of halogens is 1. The molecule has 0 N–H and O–H groups in total. The number of nitrogens with zero attached hydrogens (tertiary/aromatic N) is 3. The molecular weight excluding hydrogens is 502 g/mol. The van der Waals surface area contributed by atoms with Crippen LogP contribution in [0.4, 0.5) is 11.4 Å². The summed E-state index contributed by atoms with van der Waals surface area (Å²) < 4.78 is 10.9. The second kappa shape index (κ2) is 8.90. The standard InChI is InChI=1S/C26H20ClN3O7/c1-13-11-14(27)7-9-18(13)28-22(17-12-15(36-2)8-10-20(17)37-3)23(26(28)33)29-24(31)16-5-4-6-19(30(34)35)21(16)25(29)32/h4-12,22-23H,1-3H3/t22-,23-/m1/s1. The molecule has 37 heavy (non-hydrogen) atoms. The first kappa shape index (κ1) is 24.3. The van der Waals surface area contributed by atoms with Crippen LogP contribution in [0.5, 0.6) is 11.5 Å². The van der Waals surface area contributed by atoms with Gasteiger partial charge < -0.3 is 9.47 Å². The van der Waals surface area contributed by atoms with E-state index in [1.54, 1.807) is 43.3 Å². The fourth-order valence-corrected chi connectivity index (χ4v) is 5.18. The molecule has 0 unspecified atom stereocenters. The quantitative estimate of drug-likeness (QED) is 0.205. The van der Waals surface area contributed by atoms with Crippen LogP contribution in [-0.4, -0.2) is 47.8 Å². The van der Waals surface area contributed by atoms with Crippen LogP contribution in [0, 0.1) is 17.0 Å². The number of nitro benzene ring substituents is 1. The van der Waals surface area contributed by atoms with Crippen LogP contribution in [0.15, 0.2) is 54.6 Å². The molecule has 2 heterocycles. The fraction of sp³-hybridized carbons (Fsp3) is 0.192. The third-order valence-electron chi connectivity index (χ3n) is 6.64. The Bertz CT molecular complexity index is 1510. The Kier molecular flexibility index (Phi) is 5.83. The third-order valence-corrected chi connectivity index (χ3v) is 6.88. The number of rotatable bonds is 6. The number of benzene rings is 3. The average Bonchev–Trinajstić information content (AvgIpc) is 3.13. The fourth-order valence-electron chi connectivity index (χ4n) is 4.95. The second-order valence-corrected chi connectivity index (χ2v) is 9.01. The van der Waals surface area contributed by atoms with Crippen LogP contribution in [0.25, 0.3) is 0 Å². The zero-order valence-corrected chi connectivity index (χ0v) is 20.7. The van der Waals surface area contributed by atoms with Crippen molar-refractivity contribution < 1.29 is 28.8 Å². The summed E-state index contributed by atoms with van der Waals surface area (Å²) in [5.74, 6) is -1.33. The van der Waals surface area contributed by atoms with Crippen LogP contribution in [0.2, 0.25) is 5.02 Å². The maximum Gasteiger partial charge on any atom is 0.282 e. The van der Waals surface area contributed by atoms with Gasteiger partial charge in [-0.05, 0) is 55.0 Å². The Labute approximate surface area is 216 Å². The molecule has 11 heteroatoms. The molecule has 1 fully saturated rings. The average molecular weight is 522 g/mol. The molecule has 188 valence electrons. The molecule has 2 aliphatic rings. The molecule has 2 atom stereocenters. The van der Waals surface area contributed by atoms with Crippen LogP contribution >= 0.6 is 11.6 Å². The number of anilines is 1. The lowest BCUT2D eigenvalue weighted by molar-refractivity contribution is -0.385. The van der Waals surface area contributed by atoms with Crippen LogP contribution < -0.4 is 14.4 Å². The molecule has 3 aromatic rings. The summed E-state index contributed by atoms with van der Waals surface area (Å²) in [6.07, 6.45) is 0. The van der Waals surface area contributed by atoms with Crippen molar-refractivity contribution in [3.63, 3.8) is 0 Å². The van der Waals surface area contributed by atoms with E-state index in [1.165, 1.54) is 31.3 Å². The molecule has 5 rings (SSSR count). The Morgan fingerprint density at radius 2 is 1.68 bits per heavy atom. The van der Waals surface area contributed by atoms with Gasteiger partial charge in [-0.25, -0.2) is 0 Å². The number of carbonyl (C=O) groups excluding carboxylic acids is 3. The maximum atomic E-state index is 13.7. The van der Waals surface area contributed by atoms with Crippen molar-refractivity contribution in [1.82, 2.24) is 4.90 Å². The molecule has 2 aliphatic heterocycles. The SMILES string of the molecule is COc1ccc(OC)c([C@@H]2[C@@H](N3C(=O)c4cccc([N+](=O)[O-])c4C3=O)C(=O)N2c2ccc(Cl)cc2C)c1. The summed E-state index contributed by atoms with van der Waals surface area (Å²) in [5.41, 5.74) is 0.775. The number of aryl methyl sites for hydroxylation is 1. The first-order valence-electron chi connectivity index (χ1n) is 11.2. The number of amides is 3. The van der Waals surface area contributed by atoms with Crippen LogP contribution in [0.1, 0.15) is 37.9 Å². The minimum atomic E-state index is -1.27. The molecule has 3 amide bonds. The van der Waals surface area contributed by atoms with Crippen molar-refractivity contribution in [1.29, 1.82) is 0 Å². The highest BCUT2D eigenvalue weighted by Crippen LogP contribution is 2.49. The van der Waals surface area contributed by atoms with E-state index >= 15 is 0 Å². The molecular formula is C26H20ClN3O7. The number of hydrogen-bond acceptors (Lipinski definition) is 7. The zero-order chi connectivity index (χ0) is 26.6. The number of carbonyl (C=O) groups is 3. The number of nitro groups is 1. The predicted octanol–water partition coefficient (Wildman–Crippen LogP) is 4.33. The molecule has 0 saturated carbocycles. The van der Waals surface area contributed by atoms with Gasteiger partial charge >= 0.3 is 0 Å². The summed E-state index contributed by atoms with van der Waals surface area (Å²) >= 11 is 6.13. The van der Waals surface area contributed by atoms with E-state index in [-0.39, 0.29) is 11.1 Å². The second-order valence-electron chi connectivity index (χ2n) is 8.57. The number of fused-ring (bicyclic) bond motifs is 1. The van der Waals surface area contributed by atoms with E-state index in [0.29, 0.717) is 33.3 Å².